The van der Waals surface area contributed by atoms with Crippen LogP contribution in [0, 0.1) is 0 Å². The number of hydrogen-bond acceptors (Lipinski definition) is 3. The molecule has 0 unspecified atom stereocenters. The molecule has 25 heavy (non-hydrogen) atoms. The van der Waals surface area contributed by atoms with Crippen LogP contribution in [0.2, 0.25) is 0 Å². The molecule has 0 saturated heterocycles. The first-order chi connectivity index (χ1) is 12.2. The molecule has 0 aromatic heterocycles. The van der Waals surface area contributed by atoms with E-state index in [1.54, 1.807) is 24.3 Å². The Hall–Kier alpha value is -2.62. The number of hydrogen-bond donors (Lipinski definition) is 0. The van der Waals surface area contributed by atoms with Crippen LogP contribution >= 0.6 is 0 Å². The Labute approximate surface area is 147 Å². The van der Waals surface area contributed by atoms with Crippen LogP contribution in [0.15, 0.2) is 42.5 Å². The van der Waals surface area contributed by atoms with E-state index in [2.05, 4.69) is 12.1 Å². The molecule has 0 radical (unpaired) electrons. The molecule has 1 aliphatic carbocycles. The molecule has 0 saturated carbocycles. The lowest BCUT2D eigenvalue weighted by Gasteiger charge is -2.17. The van der Waals surface area contributed by atoms with Crippen molar-refractivity contribution in [1.82, 2.24) is 4.90 Å². The van der Waals surface area contributed by atoms with Crippen molar-refractivity contribution >= 4 is 11.8 Å². The monoisotopic (exact) mass is 335 g/mol. The predicted molar refractivity (Wildman–Crippen MR) is 95.0 cm³/mol. The second kappa shape index (κ2) is 6.71. The summed E-state index contributed by atoms with van der Waals surface area (Å²) >= 11 is 0. The molecule has 0 spiro atoms. The SMILES string of the molecule is O=C1c2ccccc2C(=O)N1CCCOc1ccc2c(c1)CCCC2. The van der Waals surface area contributed by atoms with E-state index in [4.69, 9.17) is 4.74 Å². The maximum Gasteiger partial charge on any atom is 0.261 e. The van der Waals surface area contributed by atoms with Crippen LogP contribution in [-0.2, 0) is 12.8 Å². The van der Waals surface area contributed by atoms with Crippen LogP contribution in [0.25, 0.3) is 0 Å². The number of imide groups is 1. The van der Waals surface area contributed by atoms with Gasteiger partial charge in [0, 0.05) is 6.54 Å². The average Bonchev–Trinajstić information content (AvgIpc) is 2.90. The topological polar surface area (TPSA) is 46.6 Å². The van der Waals surface area contributed by atoms with Crippen LogP contribution in [0.3, 0.4) is 0 Å². The molecule has 1 heterocycles. The van der Waals surface area contributed by atoms with Gasteiger partial charge in [-0.2, -0.15) is 0 Å². The molecule has 4 rings (SSSR count). The van der Waals surface area contributed by atoms with Gasteiger partial charge in [-0.25, -0.2) is 0 Å². The molecule has 4 nitrogen and oxygen atoms in total. The molecule has 2 aliphatic rings. The second-order valence-electron chi connectivity index (χ2n) is 6.65. The summed E-state index contributed by atoms with van der Waals surface area (Å²) in [4.78, 5) is 25.9. The number of carbonyl (C=O) groups excluding carboxylic acids is 2. The number of amides is 2. The Morgan fingerprint density at radius 1 is 0.880 bits per heavy atom. The van der Waals surface area contributed by atoms with Gasteiger partial charge in [0.2, 0.25) is 0 Å². The number of fused-ring (bicyclic) bond motifs is 2. The summed E-state index contributed by atoms with van der Waals surface area (Å²) in [6, 6.07) is 13.3. The van der Waals surface area contributed by atoms with E-state index in [0.29, 0.717) is 30.7 Å². The highest BCUT2D eigenvalue weighted by Gasteiger charge is 2.34. The summed E-state index contributed by atoms with van der Waals surface area (Å²) in [5, 5.41) is 0. The lowest BCUT2D eigenvalue weighted by Crippen LogP contribution is -2.31. The van der Waals surface area contributed by atoms with Gasteiger partial charge in [0.15, 0.2) is 0 Å². The highest BCUT2D eigenvalue weighted by atomic mass is 16.5. The Kier molecular flexibility index (Phi) is 4.26. The van der Waals surface area contributed by atoms with Crippen molar-refractivity contribution < 1.29 is 14.3 Å². The average molecular weight is 335 g/mol. The molecule has 2 aromatic rings. The standard InChI is InChI=1S/C21H21NO3/c23-20-18-8-3-4-9-19(18)21(24)22(20)12-5-13-25-17-11-10-15-6-1-2-7-16(15)14-17/h3-4,8-11,14H,1-2,5-7,12-13H2. The maximum atomic E-state index is 12.3. The van der Waals surface area contributed by atoms with Gasteiger partial charge in [0.1, 0.15) is 5.75 Å². The third kappa shape index (κ3) is 3.04. The molecular formula is C21H21NO3. The fourth-order valence-electron chi connectivity index (χ4n) is 3.65. The minimum atomic E-state index is -0.200. The van der Waals surface area contributed by atoms with Gasteiger partial charge in [-0.3, -0.25) is 14.5 Å². The molecule has 128 valence electrons. The van der Waals surface area contributed by atoms with E-state index in [9.17, 15) is 9.59 Å². The number of carbonyl (C=O) groups is 2. The van der Waals surface area contributed by atoms with Gasteiger partial charge in [-0.05, 0) is 67.5 Å². The molecule has 4 heteroatoms. The van der Waals surface area contributed by atoms with Gasteiger partial charge in [-0.1, -0.05) is 18.2 Å². The summed E-state index contributed by atoms with van der Waals surface area (Å²) in [5.74, 6) is 0.478. The maximum absolute atomic E-state index is 12.3. The van der Waals surface area contributed by atoms with Crippen molar-refractivity contribution in [3.63, 3.8) is 0 Å². The highest BCUT2D eigenvalue weighted by molar-refractivity contribution is 6.21. The zero-order valence-electron chi connectivity index (χ0n) is 14.2. The van der Waals surface area contributed by atoms with Crippen molar-refractivity contribution in [2.75, 3.05) is 13.2 Å². The van der Waals surface area contributed by atoms with Gasteiger partial charge in [0.25, 0.3) is 11.8 Å². The first-order valence-electron chi connectivity index (χ1n) is 8.94. The van der Waals surface area contributed by atoms with E-state index >= 15 is 0 Å². The Bertz CT molecular complexity index is 793. The van der Waals surface area contributed by atoms with Gasteiger partial charge < -0.3 is 4.74 Å². The molecule has 1 aliphatic heterocycles. The fourth-order valence-corrected chi connectivity index (χ4v) is 3.65. The van der Waals surface area contributed by atoms with Crippen LogP contribution in [0.5, 0.6) is 5.75 Å². The van der Waals surface area contributed by atoms with Crippen LogP contribution < -0.4 is 4.74 Å². The first-order valence-corrected chi connectivity index (χ1v) is 8.94. The molecule has 2 aromatic carbocycles. The summed E-state index contributed by atoms with van der Waals surface area (Å²) in [6.07, 6.45) is 5.43. The Morgan fingerprint density at radius 2 is 1.56 bits per heavy atom. The van der Waals surface area contributed by atoms with Gasteiger partial charge >= 0.3 is 0 Å². The quantitative estimate of drug-likeness (QED) is 0.619. The number of benzene rings is 2. The van der Waals surface area contributed by atoms with E-state index in [-0.39, 0.29) is 11.8 Å². The summed E-state index contributed by atoms with van der Waals surface area (Å²) in [5.41, 5.74) is 3.83. The van der Waals surface area contributed by atoms with Crippen molar-refractivity contribution in [3.8, 4) is 5.75 Å². The molecule has 0 bridgehead atoms. The zero-order chi connectivity index (χ0) is 17.2. The molecule has 2 amide bonds. The zero-order valence-corrected chi connectivity index (χ0v) is 14.2. The van der Waals surface area contributed by atoms with Gasteiger partial charge in [-0.15, -0.1) is 0 Å². The molecule has 0 atom stereocenters. The minimum absolute atomic E-state index is 0.200. The predicted octanol–water partition coefficient (Wildman–Crippen LogP) is 3.63. The number of ether oxygens (including phenoxy) is 1. The minimum Gasteiger partial charge on any atom is -0.494 e. The fraction of sp³-hybridized carbons (Fsp3) is 0.333. The second-order valence-corrected chi connectivity index (χ2v) is 6.65. The van der Waals surface area contributed by atoms with Crippen molar-refractivity contribution in [2.24, 2.45) is 0 Å². The van der Waals surface area contributed by atoms with E-state index < -0.39 is 0 Å². The van der Waals surface area contributed by atoms with E-state index in [1.165, 1.54) is 28.9 Å². The van der Waals surface area contributed by atoms with Crippen molar-refractivity contribution in [3.05, 3.63) is 64.7 Å². The first kappa shape index (κ1) is 15.9. The molecule has 0 N–H and O–H groups in total. The highest BCUT2D eigenvalue weighted by Crippen LogP contribution is 2.26. The number of nitrogens with zero attached hydrogens (tertiary/aromatic N) is 1. The summed E-state index contributed by atoms with van der Waals surface area (Å²) in [6.45, 7) is 0.878. The van der Waals surface area contributed by atoms with E-state index in [0.717, 1.165) is 18.6 Å². The van der Waals surface area contributed by atoms with Crippen molar-refractivity contribution in [2.45, 2.75) is 32.1 Å². The van der Waals surface area contributed by atoms with Crippen molar-refractivity contribution in [1.29, 1.82) is 0 Å². The van der Waals surface area contributed by atoms with Crippen LogP contribution in [0.1, 0.15) is 51.1 Å². The van der Waals surface area contributed by atoms with Gasteiger partial charge in [0.05, 0.1) is 17.7 Å². The Morgan fingerprint density at radius 3 is 2.28 bits per heavy atom. The Balaban J connectivity index is 1.32. The summed E-state index contributed by atoms with van der Waals surface area (Å²) in [7, 11) is 0. The van der Waals surface area contributed by atoms with Crippen LogP contribution in [0.4, 0.5) is 0 Å². The normalized spacial score (nSPS) is 15.9. The molecular weight excluding hydrogens is 314 g/mol. The third-order valence-corrected chi connectivity index (χ3v) is 4.99. The number of rotatable bonds is 5. The lowest BCUT2D eigenvalue weighted by molar-refractivity contribution is 0.0647. The molecule has 0 fully saturated rings. The summed E-state index contributed by atoms with van der Waals surface area (Å²) < 4.78 is 5.83. The smallest absolute Gasteiger partial charge is 0.261 e. The van der Waals surface area contributed by atoms with Crippen LogP contribution in [-0.4, -0.2) is 29.9 Å². The lowest BCUT2D eigenvalue weighted by atomic mass is 9.92. The third-order valence-electron chi connectivity index (χ3n) is 4.99. The largest absolute Gasteiger partial charge is 0.494 e. The van der Waals surface area contributed by atoms with E-state index in [1.807, 2.05) is 6.07 Å². The number of aryl methyl sites for hydroxylation is 2.